The zero-order valence-corrected chi connectivity index (χ0v) is 21.7. The zero-order valence-electron chi connectivity index (χ0n) is 21.7. The highest BCUT2D eigenvalue weighted by molar-refractivity contribution is 5.81. The first-order valence-corrected chi connectivity index (χ1v) is 14.1. The Balaban J connectivity index is 1.26. The number of amides is 1. The number of hydrogen-bond donors (Lipinski definition) is 6. The number of rotatable bonds is 8. The van der Waals surface area contributed by atoms with Gasteiger partial charge >= 0.3 is 0 Å². The van der Waals surface area contributed by atoms with E-state index in [0.717, 1.165) is 64.8 Å². The molecule has 4 aliphatic heterocycles. The molecule has 212 valence electrons. The molecule has 4 unspecified atom stereocenters. The Bertz CT molecular complexity index is 755. The van der Waals surface area contributed by atoms with Gasteiger partial charge in [-0.2, -0.15) is 0 Å². The molecule has 4 heterocycles. The topological polar surface area (TPSA) is 139 Å². The number of carbonyl (C=O) groups is 1. The van der Waals surface area contributed by atoms with Crippen LogP contribution in [0.3, 0.4) is 0 Å². The van der Waals surface area contributed by atoms with Gasteiger partial charge in [-0.1, -0.05) is 12.8 Å². The molecule has 37 heavy (non-hydrogen) atoms. The first kappa shape index (κ1) is 27.6. The Labute approximate surface area is 218 Å². The van der Waals surface area contributed by atoms with Gasteiger partial charge in [-0.25, -0.2) is 8.78 Å². The molecule has 5 fully saturated rings. The summed E-state index contributed by atoms with van der Waals surface area (Å²) in [5, 5.41) is 12.7. The average molecular weight is 530 g/mol. The molecule has 0 spiro atoms. The van der Waals surface area contributed by atoms with Crippen LogP contribution in [-0.4, -0.2) is 112 Å². The summed E-state index contributed by atoms with van der Waals surface area (Å²) >= 11 is 0. The summed E-state index contributed by atoms with van der Waals surface area (Å²) in [6.45, 7) is 4.21. The van der Waals surface area contributed by atoms with Gasteiger partial charge in [-0.05, 0) is 31.6 Å². The third-order valence-corrected chi connectivity index (χ3v) is 9.14. The number of likely N-dealkylation sites (tertiary alicyclic amines) is 1. The lowest BCUT2D eigenvalue weighted by Gasteiger charge is -2.50. The molecule has 0 aromatic heterocycles. The summed E-state index contributed by atoms with van der Waals surface area (Å²) in [4.78, 5) is 16.2. The molecule has 12 heteroatoms. The van der Waals surface area contributed by atoms with Crippen molar-refractivity contribution in [1.82, 2.24) is 26.2 Å². The van der Waals surface area contributed by atoms with Crippen molar-refractivity contribution in [3.63, 3.8) is 0 Å². The number of ether oxygens (including phenoxy) is 2. The van der Waals surface area contributed by atoms with Crippen LogP contribution in [0.5, 0.6) is 0 Å². The monoisotopic (exact) mass is 529 g/mol. The molecule has 1 aliphatic carbocycles. The molecule has 0 aromatic carbocycles. The Hall–Kier alpha value is -0.990. The third kappa shape index (κ3) is 5.96. The lowest BCUT2D eigenvalue weighted by atomic mass is 9.76. The zero-order chi connectivity index (χ0) is 26.0. The fraction of sp³-hybridized carbons (Fsp3) is 0.960. The summed E-state index contributed by atoms with van der Waals surface area (Å²) in [5.74, 6) is -1.10. The third-order valence-electron chi connectivity index (χ3n) is 9.14. The average Bonchev–Trinajstić information content (AvgIpc) is 3.38. The maximum Gasteiger partial charge on any atom is 0.229 e. The van der Waals surface area contributed by atoms with Gasteiger partial charge in [0.2, 0.25) is 5.91 Å². The number of piperidine rings is 2. The van der Waals surface area contributed by atoms with E-state index < -0.39 is 42.2 Å². The molecule has 4 atom stereocenters. The number of nitrogens with zero attached hydrogens (tertiary/aromatic N) is 1. The number of carbonyl (C=O) groups excluding carboxylic acids is 1. The van der Waals surface area contributed by atoms with Gasteiger partial charge in [-0.15, -0.1) is 0 Å². The molecule has 0 bridgehead atoms. The molecule has 4 saturated heterocycles. The first-order valence-electron chi connectivity index (χ1n) is 14.1. The molecule has 10 nitrogen and oxygen atoms in total. The van der Waals surface area contributed by atoms with E-state index in [-0.39, 0.29) is 37.6 Å². The summed E-state index contributed by atoms with van der Waals surface area (Å²) < 4.78 is 40.9. The van der Waals surface area contributed by atoms with E-state index in [1.165, 1.54) is 0 Å². The molecular formula is C25H45F2N7O3. The minimum absolute atomic E-state index is 0.0569. The fourth-order valence-corrected chi connectivity index (χ4v) is 7.00. The van der Waals surface area contributed by atoms with Crippen LogP contribution in [0.25, 0.3) is 0 Å². The largest absolute Gasteiger partial charge is 0.378 e. The number of hydrogen-bond acceptors (Lipinski definition) is 9. The molecule has 5 aliphatic rings. The van der Waals surface area contributed by atoms with Gasteiger partial charge < -0.3 is 31.6 Å². The Morgan fingerprint density at radius 1 is 1.03 bits per heavy atom. The SMILES string of the molecule is NC(N)C(C(=O)NC1CNCC(F)C1OC1CCN(C2COC2)CC1)C1(C2CCCC2)NCC(F)CN1. The normalized spacial score (nSPS) is 38.0. The highest BCUT2D eigenvalue weighted by Crippen LogP contribution is 2.39. The smallest absolute Gasteiger partial charge is 0.229 e. The fourth-order valence-electron chi connectivity index (χ4n) is 7.00. The molecule has 5 rings (SSSR count). The summed E-state index contributed by atoms with van der Waals surface area (Å²) in [7, 11) is 0. The molecule has 8 N–H and O–H groups in total. The van der Waals surface area contributed by atoms with E-state index in [9.17, 15) is 9.18 Å². The predicted molar refractivity (Wildman–Crippen MR) is 135 cm³/mol. The number of alkyl halides is 2. The van der Waals surface area contributed by atoms with Gasteiger partial charge in [0, 0.05) is 39.3 Å². The quantitative estimate of drug-likeness (QED) is 0.217. The molecular weight excluding hydrogens is 484 g/mol. The summed E-state index contributed by atoms with van der Waals surface area (Å²) in [6, 6.07) is -0.0752. The van der Waals surface area contributed by atoms with Crippen molar-refractivity contribution < 1.29 is 23.0 Å². The van der Waals surface area contributed by atoms with Crippen LogP contribution in [0.15, 0.2) is 0 Å². The van der Waals surface area contributed by atoms with Crippen LogP contribution >= 0.6 is 0 Å². The van der Waals surface area contributed by atoms with Crippen molar-refractivity contribution in [3.05, 3.63) is 0 Å². The van der Waals surface area contributed by atoms with Crippen molar-refractivity contribution in [2.75, 3.05) is 52.5 Å². The van der Waals surface area contributed by atoms with Gasteiger partial charge in [0.05, 0.1) is 49.1 Å². The Morgan fingerprint density at radius 2 is 1.70 bits per heavy atom. The second-order valence-corrected chi connectivity index (χ2v) is 11.6. The van der Waals surface area contributed by atoms with Crippen LogP contribution in [0.1, 0.15) is 38.5 Å². The standard InChI is InChI=1S/C25H45F2N7O3/c26-16-9-31-25(32-10-16,15-3-1-2-4-15)21(23(28)29)24(35)33-20-12-30-11-19(27)22(20)37-18-5-7-34(8-6-18)17-13-36-14-17/h15-23,30-32H,1-14,28-29H2,(H,33,35). The van der Waals surface area contributed by atoms with Gasteiger partial charge in [0.1, 0.15) is 18.4 Å². The van der Waals surface area contributed by atoms with Crippen molar-refractivity contribution in [3.8, 4) is 0 Å². The molecule has 1 saturated carbocycles. The minimum Gasteiger partial charge on any atom is -0.378 e. The predicted octanol–water partition coefficient (Wildman–Crippen LogP) is -1.06. The molecule has 1 amide bonds. The second-order valence-electron chi connectivity index (χ2n) is 11.6. The maximum atomic E-state index is 15.2. The molecule has 0 aromatic rings. The summed E-state index contributed by atoms with van der Waals surface area (Å²) in [6.07, 6.45) is 1.46. The van der Waals surface area contributed by atoms with Crippen LogP contribution in [0.2, 0.25) is 0 Å². The number of nitrogens with one attached hydrogen (secondary N) is 4. The first-order chi connectivity index (χ1) is 17.9. The highest BCUT2D eigenvalue weighted by atomic mass is 19.1. The van der Waals surface area contributed by atoms with Crippen LogP contribution < -0.4 is 32.7 Å². The number of nitrogens with two attached hydrogens (primary N) is 2. The second kappa shape index (κ2) is 12.0. The maximum absolute atomic E-state index is 15.2. The van der Waals surface area contributed by atoms with E-state index in [1.54, 1.807) is 0 Å². The van der Waals surface area contributed by atoms with Crippen molar-refractivity contribution >= 4 is 5.91 Å². The van der Waals surface area contributed by atoms with Crippen LogP contribution in [0.4, 0.5) is 8.78 Å². The van der Waals surface area contributed by atoms with E-state index in [1.807, 2.05) is 0 Å². The Kier molecular flexibility index (Phi) is 8.97. The van der Waals surface area contributed by atoms with Crippen molar-refractivity contribution in [1.29, 1.82) is 0 Å². The van der Waals surface area contributed by atoms with E-state index in [0.29, 0.717) is 12.6 Å². The summed E-state index contributed by atoms with van der Waals surface area (Å²) in [5.41, 5.74) is 11.6. The van der Waals surface area contributed by atoms with E-state index in [4.69, 9.17) is 20.9 Å². The van der Waals surface area contributed by atoms with Crippen LogP contribution in [0, 0.1) is 11.8 Å². The van der Waals surface area contributed by atoms with Gasteiger partial charge in [0.25, 0.3) is 0 Å². The Morgan fingerprint density at radius 3 is 2.30 bits per heavy atom. The lowest BCUT2D eigenvalue weighted by molar-refractivity contribution is -0.139. The van der Waals surface area contributed by atoms with Crippen LogP contribution in [-0.2, 0) is 14.3 Å². The van der Waals surface area contributed by atoms with Gasteiger partial charge in [-0.3, -0.25) is 20.3 Å². The van der Waals surface area contributed by atoms with E-state index in [2.05, 4.69) is 26.2 Å². The van der Waals surface area contributed by atoms with Crippen molar-refractivity contribution in [2.24, 2.45) is 23.3 Å². The molecule has 0 radical (unpaired) electrons. The van der Waals surface area contributed by atoms with E-state index >= 15 is 4.39 Å². The number of halogens is 2. The minimum atomic E-state index is -1.25. The van der Waals surface area contributed by atoms with Gasteiger partial charge in [0.15, 0.2) is 0 Å². The van der Waals surface area contributed by atoms with Crippen molar-refractivity contribution in [2.45, 2.75) is 87.0 Å². The highest BCUT2D eigenvalue weighted by Gasteiger charge is 2.53. The lowest BCUT2D eigenvalue weighted by Crippen LogP contribution is -2.77.